The maximum atomic E-state index is 5.28. The van der Waals surface area contributed by atoms with Gasteiger partial charge in [-0.3, -0.25) is 4.90 Å². The molecule has 0 unspecified atom stereocenters. The van der Waals surface area contributed by atoms with Gasteiger partial charge in [-0.1, -0.05) is 0 Å². The third-order valence-corrected chi connectivity index (χ3v) is 4.69. The number of nitrogens with one attached hydrogen (secondary N) is 1. The highest BCUT2D eigenvalue weighted by molar-refractivity contribution is 4.88. The van der Waals surface area contributed by atoms with Gasteiger partial charge in [0.05, 0.1) is 0 Å². The van der Waals surface area contributed by atoms with E-state index in [0.29, 0.717) is 5.54 Å². The van der Waals surface area contributed by atoms with Gasteiger partial charge in [0.1, 0.15) is 0 Å². The zero-order valence-electron chi connectivity index (χ0n) is 13.0. The van der Waals surface area contributed by atoms with Gasteiger partial charge in [0.25, 0.3) is 0 Å². The van der Waals surface area contributed by atoms with Crippen LogP contribution in [0.15, 0.2) is 0 Å². The van der Waals surface area contributed by atoms with Crippen LogP contribution in [-0.2, 0) is 4.74 Å². The molecular weight excluding hydrogens is 238 g/mol. The highest BCUT2D eigenvalue weighted by Gasteiger charge is 2.31. The highest BCUT2D eigenvalue weighted by Crippen LogP contribution is 2.22. The minimum atomic E-state index is 0.302. The van der Waals surface area contributed by atoms with Crippen molar-refractivity contribution in [1.82, 2.24) is 15.1 Å². The van der Waals surface area contributed by atoms with E-state index in [1.807, 2.05) is 7.11 Å². The van der Waals surface area contributed by atoms with Crippen molar-refractivity contribution in [3.05, 3.63) is 0 Å². The number of hydrogen-bond acceptors (Lipinski definition) is 4. The Morgan fingerprint density at radius 1 is 1.11 bits per heavy atom. The largest absolute Gasteiger partial charge is 0.384 e. The van der Waals surface area contributed by atoms with Gasteiger partial charge in [-0.05, 0) is 45.7 Å². The van der Waals surface area contributed by atoms with Crippen LogP contribution in [0.1, 0.15) is 26.7 Å². The lowest BCUT2D eigenvalue weighted by atomic mass is 9.94. The van der Waals surface area contributed by atoms with Crippen LogP contribution >= 0.6 is 0 Å². The maximum absolute atomic E-state index is 5.28. The minimum Gasteiger partial charge on any atom is -0.384 e. The molecule has 112 valence electrons. The van der Waals surface area contributed by atoms with E-state index in [1.165, 1.54) is 45.6 Å². The first-order chi connectivity index (χ1) is 9.12. The first-order valence-electron chi connectivity index (χ1n) is 7.79. The summed E-state index contributed by atoms with van der Waals surface area (Å²) in [4.78, 5) is 5.29. The summed E-state index contributed by atoms with van der Waals surface area (Å²) in [6.07, 6.45) is 2.59. The summed E-state index contributed by atoms with van der Waals surface area (Å²) in [6, 6.07) is 0. The molecule has 0 radical (unpaired) electrons. The van der Waals surface area contributed by atoms with Crippen LogP contribution in [0.2, 0.25) is 0 Å². The van der Waals surface area contributed by atoms with Crippen molar-refractivity contribution in [3.8, 4) is 0 Å². The average Bonchev–Trinajstić information content (AvgIpc) is 2.42. The Hall–Kier alpha value is -0.160. The number of ether oxygens (including phenoxy) is 1. The molecule has 2 aliphatic heterocycles. The number of likely N-dealkylation sites (tertiary alicyclic amines) is 1. The van der Waals surface area contributed by atoms with E-state index in [2.05, 4.69) is 29.0 Å². The van der Waals surface area contributed by atoms with E-state index >= 15 is 0 Å². The lowest BCUT2D eigenvalue weighted by molar-refractivity contribution is 0.0396. The number of hydrogen-bond donors (Lipinski definition) is 1. The molecule has 2 aliphatic rings. The monoisotopic (exact) mass is 269 g/mol. The van der Waals surface area contributed by atoms with E-state index in [4.69, 9.17) is 4.74 Å². The summed E-state index contributed by atoms with van der Waals surface area (Å²) in [5, 5.41) is 3.44. The van der Waals surface area contributed by atoms with E-state index in [-0.39, 0.29) is 0 Å². The van der Waals surface area contributed by atoms with E-state index in [0.717, 1.165) is 25.6 Å². The molecule has 2 fully saturated rings. The van der Waals surface area contributed by atoms with Crippen LogP contribution in [0, 0.1) is 5.92 Å². The lowest BCUT2D eigenvalue weighted by Gasteiger charge is -2.45. The molecule has 0 aromatic rings. The second-order valence-corrected chi connectivity index (χ2v) is 6.72. The smallest absolute Gasteiger partial charge is 0.0491 e. The lowest BCUT2D eigenvalue weighted by Crippen LogP contribution is -2.58. The summed E-state index contributed by atoms with van der Waals surface area (Å²) in [5.41, 5.74) is 0.302. The van der Waals surface area contributed by atoms with Crippen molar-refractivity contribution >= 4 is 0 Å². The number of rotatable bonds is 5. The van der Waals surface area contributed by atoms with Crippen molar-refractivity contribution in [3.63, 3.8) is 0 Å². The third kappa shape index (κ3) is 4.42. The zero-order chi connectivity index (χ0) is 13.7. The van der Waals surface area contributed by atoms with Gasteiger partial charge < -0.3 is 15.0 Å². The van der Waals surface area contributed by atoms with Gasteiger partial charge in [0.15, 0.2) is 0 Å². The number of methoxy groups -OCH3 is 1. The minimum absolute atomic E-state index is 0.302. The molecule has 0 aromatic heterocycles. The number of piperazine rings is 1. The molecule has 0 bridgehead atoms. The summed E-state index contributed by atoms with van der Waals surface area (Å²) in [6.45, 7) is 14.1. The van der Waals surface area contributed by atoms with Gasteiger partial charge in [-0.25, -0.2) is 0 Å². The average molecular weight is 269 g/mol. The van der Waals surface area contributed by atoms with Crippen molar-refractivity contribution in [2.75, 3.05) is 59.5 Å². The Morgan fingerprint density at radius 2 is 1.74 bits per heavy atom. The molecule has 4 nitrogen and oxygen atoms in total. The Kier molecular flexibility index (Phi) is 5.63. The van der Waals surface area contributed by atoms with Gasteiger partial charge >= 0.3 is 0 Å². The highest BCUT2D eigenvalue weighted by atomic mass is 16.5. The number of nitrogens with zero attached hydrogens (tertiary/aromatic N) is 2. The standard InChI is InChI=1S/C15H31N3O/c1-15(2,18-10-6-16-7-11-18)13-17-8-4-14(5-9-17)12-19-3/h14,16H,4-13H2,1-3H3. The number of piperidine rings is 1. The zero-order valence-corrected chi connectivity index (χ0v) is 13.0. The van der Waals surface area contributed by atoms with E-state index in [1.54, 1.807) is 0 Å². The summed E-state index contributed by atoms with van der Waals surface area (Å²) in [7, 11) is 1.82. The summed E-state index contributed by atoms with van der Waals surface area (Å²) >= 11 is 0. The molecule has 2 rings (SSSR count). The van der Waals surface area contributed by atoms with Crippen LogP contribution in [0.5, 0.6) is 0 Å². The fourth-order valence-corrected chi connectivity index (χ4v) is 3.46. The Labute approximate surface area is 118 Å². The van der Waals surface area contributed by atoms with Crippen molar-refractivity contribution < 1.29 is 4.74 Å². The first kappa shape index (κ1) is 15.2. The van der Waals surface area contributed by atoms with Gasteiger partial charge in [0, 0.05) is 52.0 Å². The van der Waals surface area contributed by atoms with Crippen LogP contribution in [0.4, 0.5) is 0 Å². The quantitative estimate of drug-likeness (QED) is 0.807. The molecule has 2 heterocycles. The Morgan fingerprint density at radius 3 is 2.32 bits per heavy atom. The predicted molar refractivity (Wildman–Crippen MR) is 79.6 cm³/mol. The molecular formula is C15H31N3O. The molecule has 0 saturated carbocycles. The van der Waals surface area contributed by atoms with Crippen LogP contribution in [0.3, 0.4) is 0 Å². The predicted octanol–water partition coefficient (Wildman–Crippen LogP) is 1.03. The van der Waals surface area contributed by atoms with Crippen molar-refractivity contribution in [2.24, 2.45) is 5.92 Å². The molecule has 4 heteroatoms. The van der Waals surface area contributed by atoms with E-state index in [9.17, 15) is 0 Å². The fraction of sp³-hybridized carbons (Fsp3) is 1.00. The van der Waals surface area contributed by atoms with Crippen LogP contribution in [0.25, 0.3) is 0 Å². The second kappa shape index (κ2) is 7.02. The Bertz CT molecular complexity index is 256. The van der Waals surface area contributed by atoms with Crippen LogP contribution < -0.4 is 5.32 Å². The molecule has 0 atom stereocenters. The van der Waals surface area contributed by atoms with E-state index < -0.39 is 0 Å². The topological polar surface area (TPSA) is 27.7 Å². The van der Waals surface area contributed by atoms with Gasteiger partial charge in [0.2, 0.25) is 0 Å². The SMILES string of the molecule is COCC1CCN(CC(C)(C)N2CCNCC2)CC1. The van der Waals surface area contributed by atoms with Crippen LogP contribution in [-0.4, -0.2) is 74.9 Å². The molecule has 2 saturated heterocycles. The molecule has 0 spiro atoms. The molecule has 0 aliphatic carbocycles. The molecule has 0 aromatic carbocycles. The first-order valence-corrected chi connectivity index (χ1v) is 7.79. The summed E-state index contributed by atoms with van der Waals surface area (Å²) in [5.74, 6) is 0.781. The molecule has 19 heavy (non-hydrogen) atoms. The van der Waals surface area contributed by atoms with Crippen molar-refractivity contribution in [1.29, 1.82) is 0 Å². The van der Waals surface area contributed by atoms with Crippen molar-refractivity contribution in [2.45, 2.75) is 32.2 Å². The third-order valence-electron chi connectivity index (χ3n) is 4.69. The van der Waals surface area contributed by atoms with Gasteiger partial charge in [-0.2, -0.15) is 0 Å². The fourth-order valence-electron chi connectivity index (χ4n) is 3.46. The molecule has 0 amide bonds. The normalized spacial score (nSPS) is 24.8. The summed E-state index contributed by atoms with van der Waals surface area (Å²) < 4.78 is 5.28. The second-order valence-electron chi connectivity index (χ2n) is 6.72. The van der Waals surface area contributed by atoms with Gasteiger partial charge in [-0.15, -0.1) is 0 Å². The molecule has 1 N–H and O–H groups in total. The maximum Gasteiger partial charge on any atom is 0.0491 e. The Balaban J connectivity index is 1.77.